The number of hydrogen-bond donors (Lipinski definition) is 0. The third-order valence-corrected chi connectivity index (χ3v) is 3.23. The molecule has 1 amide bonds. The van der Waals surface area contributed by atoms with Crippen molar-refractivity contribution in [2.24, 2.45) is 0 Å². The van der Waals surface area contributed by atoms with Crippen LogP contribution in [0.3, 0.4) is 0 Å². The first kappa shape index (κ1) is 11.2. The Kier molecular flexibility index (Phi) is 3.87. The molecule has 15 heavy (non-hydrogen) atoms. The molecule has 1 unspecified atom stereocenters. The molecule has 0 radical (unpaired) electrons. The molecule has 86 valence electrons. The Bertz CT molecular complexity index is 225. The molecule has 4 heteroatoms. The molecule has 1 aliphatic heterocycles. The summed E-state index contributed by atoms with van der Waals surface area (Å²) in [5.41, 5.74) is 0. The molecule has 1 saturated heterocycles. The minimum absolute atomic E-state index is 0.161. The van der Waals surface area contributed by atoms with Crippen LogP contribution in [-0.2, 0) is 9.53 Å². The van der Waals surface area contributed by atoms with Crippen molar-refractivity contribution in [3.63, 3.8) is 0 Å². The van der Waals surface area contributed by atoms with Crippen LogP contribution in [0.15, 0.2) is 0 Å². The molecular weight excluding hydrogens is 214 g/mol. The summed E-state index contributed by atoms with van der Waals surface area (Å²) in [6.45, 7) is 1.51. The Morgan fingerprint density at radius 1 is 1.40 bits per heavy atom. The molecule has 0 aromatic carbocycles. The largest absolute Gasteiger partial charge is 0.378 e. The summed E-state index contributed by atoms with van der Waals surface area (Å²) >= 11 is 5.70. The lowest BCUT2D eigenvalue weighted by Gasteiger charge is -2.22. The van der Waals surface area contributed by atoms with Crippen LogP contribution in [0, 0.1) is 0 Å². The predicted molar refractivity (Wildman–Crippen MR) is 59.0 cm³/mol. The van der Waals surface area contributed by atoms with E-state index < -0.39 is 0 Å². The fraction of sp³-hybridized carbons (Fsp3) is 0.909. The van der Waals surface area contributed by atoms with E-state index in [1.807, 2.05) is 4.90 Å². The molecule has 0 bridgehead atoms. The lowest BCUT2D eigenvalue weighted by atomic mass is 10.1. The number of hydrogen-bond acceptors (Lipinski definition) is 2. The first-order valence-electron chi connectivity index (χ1n) is 5.78. The highest BCUT2D eigenvalue weighted by atomic mass is 35.5. The molecule has 0 N–H and O–H groups in total. The monoisotopic (exact) mass is 231 g/mol. The predicted octanol–water partition coefficient (Wildman–Crippen LogP) is 1.79. The van der Waals surface area contributed by atoms with Crippen molar-refractivity contribution in [2.75, 3.05) is 19.0 Å². The maximum atomic E-state index is 12.0. The summed E-state index contributed by atoms with van der Waals surface area (Å²) in [5.74, 6) is 0.762. The van der Waals surface area contributed by atoms with Gasteiger partial charge in [0.15, 0.2) is 0 Å². The lowest BCUT2D eigenvalue weighted by molar-refractivity contribution is -0.133. The summed E-state index contributed by atoms with van der Waals surface area (Å²) in [6.07, 6.45) is 5.13. The topological polar surface area (TPSA) is 29.5 Å². The zero-order valence-corrected chi connectivity index (χ0v) is 9.71. The van der Waals surface area contributed by atoms with Gasteiger partial charge in [-0.15, -0.1) is 11.6 Å². The lowest BCUT2D eigenvalue weighted by Crippen LogP contribution is -2.36. The Hall–Kier alpha value is -0.280. The van der Waals surface area contributed by atoms with Crippen LogP contribution in [0.2, 0.25) is 0 Å². The Labute approximate surface area is 95.7 Å². The average molecular weight is 232 g/mol. The van der Waals surface area contributed by atoms with Gasteiger partial charge in [0, 0.05) is 25.1 Å². The van der Waals surface area contributed by atoms with E-state index in [9.17, 15) is 4.79 Å². The highest BCUT2D eigenvalue weighted by molar-refractivity contribution is 6.18. The van der Waals surface area contributed by atoms with Crippen LogP contribution in [0.1, 0.15) is 32.1 Å². The van der Waals surface area contributed by atoms with Gasteiger partial charge in [-0.1, -0.05) is 0 Å². The SMILES string of the molecule is O=C(CC1CCCO1)N(CCCl)C1CC1. The first-order chi connectivity index (χ1) is 7.31. The van der Waals surface area contributed by atoms with E-state index in [-0.39, 0.29) is 12.0 Å². The van der Waals surface area contributed by atoms with E-state index in [2.05, 4.69) is 0 Å². The van der Waals surface area contributed by atoms with Gasteiger partial charge in [-0.3, -0.25) is 4.79 Å². The van der Waals surface area contributed by atoms with E-state index in [4.69, 9.17) is 16.3 Å². The van der Waals surface area contributed by atoms with Gasteiger partial charge in [0.05, 0.1) is 12.5 Å². The fourth-order valence-corrected chi connectivity index (χ4v) is 2.29. The molecule has 1 atom stereocenters. The molecule has 2 rings (SSSR count). The number of alkyl halides is 1. The molecule has 1 heterocycles. The summed E-state index contributed by atoms with van der Waals surface area (Å²) in [7, 11) is 0. The molecule has 1 aliphatic carbocycles. The zero-order chi connectivity index (χ0) is 10.7. The number of nitrogens with zero attached hydrogens (tertiary/aromatic N) is 1. The minimum atomic E-state index is 0.161. The zero-order valence-electron chi connectivity index (χ0n) is 8.95. The molecule has 2 fully saturated rings. The van der Waals surface area contributed by atoms with Crippen molar-refractivity contribution in [1.82, 2.24) is 4.90 Å². The third kappa shape index (κ3) is 3.08. The highest BCUT2D eigenvalue weighted by Crippen LogP contribution is 2.28. The Balaban J connectivity index is 1.80. The van der Waals surface area contributed by atoms with Crippen molar-refractivity contribution >= 4 is 17.5 Å². The Morgan fingerprint density at radius 3 is 2.73 bits per heavy atom. The third-order valence-electron chi connectivity index (χ3n) is 3.06. The van der Waals surface area contributed by atoms with E-state index in [1.54, 1.807) is 0 Å². The van der Waals surface area contributed by atoms with Crippen LogP contribution < -0.4 is 0 Å². The number of carbonyl (C=O) groups excluding carboxylic acids is 1. The number of carbonyl (C=O) groups is 1. The average Bonchev–Trinajstić information content (AvgIpc) is 2.93. The smallest absolute Gasteiger partial charge is 0.225 e. The number of ether oxygens (including phenoxy) is 1. The summed E-state index contributed by atoms with van der Waals surface area (Å²) in [4.78, 5) is 13.9. The molecule has 1 saturated carbocycles. The number of amides is 1. The van der Waals surface area contributed by atoms with Gasteiger partial charge in [0.25, 0.3) is 0 Å². The van der Waals surface area contributed by atoms with Gasteiger partial charge in [0.1, 0.15) is 0 Å². The maximum Gasteiger partial charge on any atom is 0.225 e. The van der Waals surface area contributed by atoms with Crippen molar-refractivity contribution in [1.29, 1.82) is 0 Å². The maximum absolute atomic E-state index is 12.0. The van der Waals surface area contributed by atoms with Crippen LogP contribution >= 0.6 is 11.6 Å². The molecule has 0 aromatic heterocycles. The summed E-state index contributed by atoms with van der Waals surface area (Å²) in [5, 5.41) is 0. The van der Waals surface area contributed by atoms with E-state index in [1.165, 1.54) is 0 Å². The molecular formula is C11H18ClNO2. The van der Waals surface area contributed by atoms with E-state index in [0.717, 1.165) is 32.3 Å². The number of halogens is 1. The first-order valence-corrected chi connectivity index (χ1v) is 6.31. The van der Waals surface area contributed by atoms with Gasteiger partial charge in [-0.25, -0.2) is 0 Å². The fourth-order valence-electron chi connectivity index (χ4n) is 2.11. The van der Waals surface area contributed by atoms with Crippen molar-refractivity contribution in [3.8, 4) is 0 Å². The molecule has 0 aromatic rings. The Morgan fingerprint density at radius 2 is 2.20 bits per heavy atom. The van der Waals surface area contributed by atoms with E-state index >= 15 is 0 Å². The second kappa shape index (κ2) is 5.17. The number of rotatable bonds is 5. The van der Waals surface area contributed by atoms with Crippen LogP contribution in [0.5, 0.6) is 0 Å². The van der Waals surface area contributed by atoms with Crippen molar-refractivity contribution < 1.29 is 9.53 Å². The van der Waals surface area contributed by atoms with Crippen molar-refractivity contribution in [2.45, 2.75) is 44.2 Å². The van der Waals surface area contributed by atoms with Crippen LogP contribution in [-0.4, -0.2) is 42.0 Å². The second-order valence-corrected chi connectivity index (χ2v) is 4.72. The normalized spacial score (nSPS) is 25.5. The van der Waals surface area contributed by atoms with Gasteiger partial charge >= 0.3 is 0 Å². The van der Waals surface area contributed by atoms with E-state index in [0.29, 0.717) is 24.9 Å². The minimum Gasteiger partial charge on any atom is -0.378 e. The summed E-state index contributed by atoms with van der Waals surface area (Å²) < 4.78 is 5.47. The van der Waals surface area contributed by atoms with Gasteiger partial charge in [-0.2, -0.15) is 0 Å². The van der Waals surface area contributed by atoms with Crippen molar-refractivity contribution in [3.05, 3.63) is 0 Å². The van der Waals surface area contributed by atoms with Crippen LogP contribution in [0.25, 0.3) is 0 Å². The van der Waals surface area contributed by atoms with Crippen LogP contribution in [0.4, 0.5) is 0 Å². The highest BCUT2D eigenvalue weighted by Gasteiger charge is 2.33. The molecule has 0 spiro atoms. The summed E-state index contributed by atoms with van der Waals surface area (Å²) in [6, 6.07) is 0.470. The molecule has 3 nitrogen and oxygen atoms in total. The standard InChI is InChI=1S/C11H18ClNO2/c12-5-6-13(9-3-4-9)11(14)8-10-2-1-7-15-10/h9-10H,1-8H2. The van der Waals surface area contributed by atoms with Gasteiger partial charge < -0.3 is 9.64 Å². The molecule has 2 aliphatic rings. The second-order valence-electron chi connectivity index (χ2n) is 4.35. The van der Waals surface area contributed by atoms with Gasteiger partial charge in [-0.05, 0) is 25.7 Å². The van der Waals surface area contributed by atoms with Gasteiger partial charge in [0.2, 0.25) is 5.91 Å². The quantitative estimate of drug-likeness (QED) is 0.676.